The van der Waals surface area contributed by atoms with E-state index < -0.39 is 5.60 Å². The van der Waals surface area contributed by atoms with Crippen LogP contribution in [0.25, 0.3) is 0 Å². The number of nitrogens with one attached hydrogen (secondary N) is 1. The predicted octanol–water partition coefficient (Wildman–Crippen LogP) is 6.18. The van der Waals surface area contributed by atoms with Crippen LogP contribution in [0.15, 0.2) is 72.8 Å². The van der Waals surface area contributed by atoms with Crippen LogP contribution in [-0.4, -0.2) is 59.9 Å². The molecule has 1 saturated heterocycles. The summed E-state index contributed by atoms with van der Waals surface area (Å²) in [5.41, 5.74) is 2.12. The number of aliphatic hydroxyl groups is 1. The van der Waals surface area contributed by atoms with Gasteiger partial charge in [0.15, 0.2) is 0 Å². The number of carbonyl (C=O) groups is 2. The second kappa shape index (κ2) is 13.0. The van der Waals surface area contributed by atoms with Crippen molar-refractivity contribution in [1.29, 1.82) is 0 Å². The molecule has 0 aliphatic carbocycles. The Morgan fingerprint density at radius 2 is 1.67 bits per heavy atom. The van der Waals surface area contributed by atoms with E-state index in [2.05, 4.69) is 10.2 Å². The second-order valence-electron chi connectivity index (χ2n) is 10.3. The molecule has 39 heavy (non-hydrogen) atoms. The van der Waals surface area contributed by atoms with E-state index in [9.17, 15) is 14.7 Å². The highest BCUT2D eigenvalue weighted by molar-refractivity contribution is 6.42. The van der Waals surface area contributed by atoms with Gasteiger partial charge in [-0.05, 0) is 61.2 Å². The van der Waals surface area contributed by atoms with Gasteiger partial charge in [0.05, 0.1) is 26.9 Å². The number of carbonyl (C=O) groups excluding carboxylic acids is 2. The summed E-state index contributed by atoms with van der Waals surface area (Å²) in [7, 11) is 1.78. The molecule has 4 rings (SSSR count). The van der Waals surface area contributed by atoms with Crippen LogP contribution in [0.4, 0.5) is 5.69 Å². The number of rotatable bonds is 9. The molecule has 1 fully saturated rings. The van der Waals surface area contributed by atoms with Crippen LogP contribution in [0.5, 0.6) is 0 Å². The van der Waals surface area contributed by atoms with Crippen molar-refractivity contribution in [2.45, 2.75) is 37.7 Å². The summed E-state index contributed by atoms with van der Waals surface area (Å²) in [5, 5.41) is 14.9. The van der Waals surface area contributed by atoms with Gasteiger partial charge in [-0.15, -0.1) is 0 Å². The van der Waals surface area contributed by atoms with E-state index in [1.807, 2.05) is 42.5 Å². The number of likely N-dealkylation sites (N-methyl/N-ethyl adjacent to an activating group) is 1. The fourth-order valence-electron chi connectivity index (χ4n) is 5.24. The fraction of sp³-hybridized carbons (Fsp3) is 0.355. The smallest absolute Gasteiger partial charge is 0.255 e. The summed E-state index contributed by atoms with van der Waals surface area (Å²) < 4.78 is 0. The van der Waals surface area contributed by atoms with Crippen LogP contribution < -0.4 is 5.32 Å². The van der Waals surface area contributed by atoms with E-state index in [4.69, 9.17) is 23.2 Å². The maximum absolute atomic E-state index is 13.4. The van der Waals surface area contributed by atoms with E-state index in [0.29, 0.717) is 40.7 Å². The molecular formula is C31H35Cl2N3O3. The Morgan fingerprint density at radius 1 is 1.00 bits per heavy atom. The summed E-state index contributed by atoms with van der Waals surface area (Å²) in [6.07, 6.45) is 2.15. The Balaban J connectivity index is 1.46. The lowest BCUT2D eigenvalue weighted by Gasteiger charge is -2.39. The highest BCUT2D eigenvalue weighted by atomic mass is 35.5. The molecule has 1 heterocycles. The molecule has 0 aromatic heterocycles. The summed E-state index contributed by atoms with van der Waals surface area (Å²) in [5.74, 6) is -0.390. The molecule has 6 nitrogen and oxygen atoms in total. The van der Waals surface area contributed by atoms with Gasteiger partial charge in [-0.2, -0.15) is 0 Å². The van der Waals surface area contributed by atoms with Crippen LogP contribution in [0, 0.1) is 0 Å². The standard InChI is InChI=1S/C31H35Cl2N3O3/c1-22(37)34-29-11-7-6-10-26(29)30(38)35(2)21-24(23-12-13-27(32)28(33)20-23)14-17-36-18-15-31(39,16-19-36)25-8-4-3-5-9-25/h3-13,20,24,39H,14-19,21H2,1-2H3,(H,34,37)/t24-/m0/s1. The van der Waals surface area contributed by atoms with Crippen LogP contribution in [-0.2, 0) is 10.4 Å². The number of likely N-dealkylation sites (tertiary alicyclic amines) is 1. The molecule has 206 valence electrons. The number of halogens is 2. The maximum atomic E-state index is 13.4. The topological polar surface area (TPSA) is 72.9 Å². The van der Waals surface area contributed by atoms with Gasteiger partial charge in [0, 0.05) is 39.5 Å². The zero-order valence-corrected chi connectivity index (χ0v) is 23.9. The zero-order valence-electron chi connectivity index (χ0n) is 22.4. The van der Waals surface area contributed by atoms with Crippen LogP contribution >= 0.6 is 23.2 Å². The minimum absolute atomic E-state index is 0.0107. The van der Waals surface area contributed by atoms with Crippen molar-refractivity contribution in [3.05, 3.63) is 99.5 Å². The minimum Gasteiger partial charge on any atom is -0.385 e. The van der Waals surface area contributed by atoms with E-state index in [0.717, 1.165) is 37.2 Å². The first-order valence-corrected chi connectivity index (χ1v) is 14.0. The Hall–Kier alpha value is -2.90. The summed E-state index contributed by atoms with van der Waals surface area (Å²) in [6, 6.07) is 22.5. The van der Waals surface area contributed by atoms with Gasteiger partial charge in [-0.1, -0.05) is 71.7 Å². The molecule has 0 radical (unpaired) electrons. The SMILES string of the molecule is CC(=O)Nc1ccccc1C(=O)N(C)C[C@H](CCN1CCC(O)(c2ccccc2)CC1)c1ccc(Cl)c(Cl)c1. The van der Waals surface area contributed by atoms with E-state index in [1.165, 1.54) is 6.92 Å². The van der Waals surface area contributed by atoms with Crippen molar-refractivity contribution in [2.24, 2.45) is 0 Å². The first-order valence-electron chi connectivity index (χ1n) is 13.2. The number of hydrogen-bond donors (Lipinski definition) is 2. The van der Waals surface area contributed by atoms with Crippen molar-refractivity contribution in [3.63, 3.8) is 0 Å². The average Bonchev–Trinajstić information content (AvgIpc) is 2.93. The molecule has 0 bridgehead atoms. The van der Waals surface area contributed by atoms with Crippen LogP contribution in [0.1, 0.15) is 53.6 Å². The summed E-state index contributed by atoms with van der Waals surface area (Å²) in [4.78, 5) is 29.2. The highest BCUT2D eigenvalue weighted by Crippen LogP contribution is 2.34. The van der Waals surface area contributed by atoms with Crippen molar-refractivity contribution in [3.8, 4) is 0 Å². The molecule has 3 aromatic carbocycles. The predicted molar refractivity (Wildman–Crippen MR) is 158 cm³/mol. The number of benzene rings is 3. The molecule has 1 aliphatic heterocycles. The maximum Gasteiger partial charge on any atom is 0.255 e. The van der Waals surface area contributed by atoms with Gasteiger partial charge in [-0.3, -0.25) is 9.59 Å². The molecule has 1 atom stereocenters. The summed E-state index contributed by atoms with van der Waals surface area (Å²) >= 11 is 12.6. The molecule has 1 aliphatic rings. The monoisotopic (exact) mass is 567 g/mol. The molecule has 2 amide bonds. The molecule has 2 N–H and O–H groups in total. The lowest BCUT2D eigenvalue weighted by molar-refractivity contribution is -0.114. The first-order chi connectivity index (χ1) is 18.7. The fourth-order valence-corrected chi connectivity index (χ4v) is 5.55. The number of amides is 2. The summed E-state index contributed by atoms with van der Waals surface area (Å²) in [6.45, 7) is 4.29. The Kier molecular flexibility index (Phi) is 9.67. The number of hydrogen-bond acceptors (Lipinski definition) is 4. The van der Waals surface area contributed by atoms with Crippen molar-refractivity contribution >= 4 is 40.7 Å². The highest BCUT2D eigenvalue weighted by Gasteiger charge is 2.34. The lowest BCUT2D eigenvalue weighted by atomic mass is 9.84. The lowest BCUT2D eigenvalue weighted by Crippen LogP contribution is -2.43. The van der Waals surface area contributed by atoms with E-state index >= 15 is 0 Å². The Bertz CT molecular complexity index is 1290. The number of nitrogens with zero attached hydrogens (tertiary/aromatic N) is 2. The van der Waals surface area contributed by atoms with Gasteiger partial charge < -0.3 is 20.2 Å². The Morgan fingerprint density at radius 3 is 2.33 bits per heavy atom. The number of anilines is 1. The van der Waals surface area contributed by atoms with Gasteiger partial charge in [0.1, 0.15) is 0 Å². The molecule has 0 spiro atoms. The Labute approximate surface area is 240 Å². The normalized spacial score (nSPS) is 15.9. The molecule has 8 heteroatoms. The third kappa shape index (κ3) is 7.40. The van der Waals surface area contributed by atoms with Crippen LogP contribution in [0.2, 0.25) is 10.0 Å². The van der Waals surface area contributed by atoms with Gasteiger partial charge in [-0.25, -0.2) is 0 Å². The van der Waals surface area contributed by atoms with E-state index in [1.54, 1.807) is 42.3 Å². The van der Waals surface area contributed by atoms with Gasteiger partial charge in [0.25, 0.3) is 5.91 Å². The third-order valence-electron chi connectivity index (χ3n) is 7.51. The molecule has 0 saturated carbocycles. The van der Waals surface area contributed by atoms with Crippen molar-refractivity contribution in [1.82, 2.24) is 9.80 Å². The van der Waals surface area contributed by atoms with Gasteiger partial charge in [0.2, 0.25) is 5.91 Å². The van der Waals surface area contributed by atoms with Crippen molar-refractivity contribution in [2.75, 3.05) is 38.5 Å². The largest absolute Gasteiger partial charge is 0.385 e. The number of piperidine rings is 1. The van der Waals surface area contributed by atoms with Gasteiger partial charge >= 0.3 is 0 Å². The van der Waals surface area contributed by atoms with E-state index in [-0.39, 0.29) is 17.7 Å². The zero-order chi connectivity index (χ0) is 28.0. The third-order valence-corrected chi connectivity index (χ3v) is 8.25. The minimum atomic E-state index is -0.797. The molecular weight excluding hydrogens is 533 g/mol. The first kappa shape index (κ1) is 29.1. The number of para-hydroxylation sites is 1. The quantitative estimate of drug-likeness (QED) is 0.323. The molecule has 3 aromatic rings. The molecule has 0 unspecified atom stereocenters. The van der Waals surface area contributed by atoms with Crippen molar-refractivity contribution < 1.29 is 14.7 Å². The van der Waals surface area contributed by atoms with Crippen LogP contribution in [0.3, 0.4) is 0 Å². The average molecular weight is 569 g/mol. The second-order valence-corrected chi connectivity index (χ2v) is 11.1.